The molecule has 0 aromatic heterocycles. The molecule has 1 nitrogen and oxygen atoms in total. The van der Waals surface area contributed by atoms with E-state index >= 15 is 0 Å². The van der Waals surface area contributed by atoms with Gasteiger partial charge in [0.15, 0.2) is 0 Å². The van der Waals surface area contributed by atoms with Gasteiger partial charge in [0.2, 0.25) is 0 Å². The predicted octanol–water partition coefficient (Wildman–Crippen LogP) is 4.11. The highest BCUT2D eigenvalue weighted by Crippen LogP contribution is 2.31. The van der Waals surface area contributed by atoms with Crippen molar-refractivity contribution in [3.8, 4) is 0 Å². The van der Waals surface area contributed by atoms with Crippen LogP contribution in [-0.2, 0) is 4.74 Å². The molecule has 1 aliphatic heterocycles. The third-order valence-electron chi connectivity index (χ3n) is 4.07. The van der Waals surface area contributed by atoms with Gasteiger partial charge < -0.3 is 4.74 Å². The van der Waals surface area contributed by atoms with E-state index in [9.17, 15) is 0 Å². The van der Waals surface area contributed by atoms with Gasteiger partial charge in [-0.2, -0.15) is 0 Å². The maximum Gasteiger partial charge on any atom is 0.0680 e. The van der Waals surface area contributed by atoms with Crippen LogP contribution in [0.2, 0.25) is 0 Å². The van der Waals surface area contributed by atoms with Crippen molar-refractivity contribution in [2.24, 2.45) is 11.8 Å². The highest BCUT2D eigenvalue weighted by Gasteiger charge is 2.18. The molecular formula is C15H24O. The van der Waals surface area contributed by atoms with Crippen LogP contribution in [0.15, 0.2) is 23.8 Å². The maximum atomic E-state index is 5.45. The van der Waals surface area contributed by atoms with Crippen LogP contribution in [0.4, 0.5) is 0 Å². The molecule has 90 valence electrons. The minimum Gasteiger partial charge on any atom is -0.376 e. The SMILES string of the molecule is C=C1CCCC[C@H]1CCC=C1COCC1C. The average Bonchev–Trinajstić information content (AvgIpc) is 2.67. The first-order valence-corrected chi connectivity index (χ1v) is 6.71. The van der Waals surface area contributed by atoms with Crippen LogP contribution in [0.3, 0.4) is 0 Å². The lowest BCUT2D eigenvalue weighted by atomic mass is 9.82. The second-order valence-electron chi connectivity index (χ2n) is 5.37. The van der Waals surface area contributed by atoms with E-state index < -0.39 is 0 Å². The molecule has 2 fully saturated rings. The summed E-state index contributed by atoms with van der Waals surface area (Å²) in [5.74, 6) is 1.44. The van der Waals surface area contributed by atoms with Crippen molar-refractivity contribution in [1.29, 1.82) is 0 Å². The zero-order valence-electron chi connectivity index (χ0n) is 10.5. The minimum atomic E-state index is 0.648. The Bertz CT molecular complexity index is 277. The lowest BCUT2D eigenvalue weighted by molar-refractivity contribution is 0.191. The monoisotopic (exact) mass is 220 g/mol. The van der Waals surface area contributed by atoms with Crippen LogP contribution < -0.4 is 0 Å². The summed E-state index contributed by atoms with van der Waals surface area (Å²) >= 11 is 0. The van der Waals surface area contributed by atoms with Crippen molar-refractivity contribution in [3.05, 3.63) is 23.8 Å². The Balaban J connectivity index is 1.76. The molecular weight excluding hydrogens is 196 g/mol. The van der Waals surface area contributed by atoms with Gasteiger partial charge in [-0.05, 0) is 43.6 Å². The molecule has 2 rings (SSSR count). The molecule has 16 heavy (non-hydrogen) atoms. The molecule has 1 aliphatic carbocycles. The molecule has 1 saturated heterocycles. The molecule has 1 unspecified atom stereocenters. The summed E-state index contributed by atoms with van der Waals surface area (Å²) in [6.45, 7) is 8.26. The summed E-state index contributed by atoms with van der Waals surface area (Å²) in [4.78, 5) is 0. The van der Waals surface area contributed by atoms with Crippen LogP contribution in [0.25, 0.3) is 0 Å². The zero-order chi connectivity index (χ0) is 11.4. The second-order valence-corrected chi connectivity index (χ2v) is 5.37. The lowest BCUT2D eigenvalue weighted by Crippen LogP contribution is -2.08. The summed E-state index contributed by atoms with van der Waals surface area (Å²) in [6.07, 6.45) is 10.3. The summed E-state index contributed by atoms with van der Waals surface area (Å²) < 4.78 is 5.45. The molecule has 1 heteroatoms. The Morgan fingerprint density at radius 1 is 1.44 bits per heavy atom. The van der Waals surface area contributed by atoms with Gasteiger partial charge in [0.25, 0.3) is 0 Å². The molecule has 0 bridgehead atoms. The van der Waals surface area contributed by atoms with Crippen molar-refractivity contribution in [1.82, 2.24) is 0 Å². The second kappa shape index (κ2) is 5.67. The van der Waals surface area contributed by atoms with Crippen molar-refractivity contribution in [3.63, 3.8) is 0 Å². The van der Waals surface area contributed by atoms with Gasteiger partial charge in [0, 0.05) is 5.92 Å². The van der Waals surface area contributed by atoms with E-state index in [0.29, 0.717) is 5.92 Å². The quantitative estimate of drug-likeness (QED) is 0.650. The summed E-state index contributed by atoms with van der Waals surface area (Å²) in [7, 11) is 0. The van der Waals surface area contributed by atoms with Crippen LogP contribution >= 0.6 is 0 Å². The van der Waals surface area contributed by atoms with Gasteiger partial charge in [0.1, 0.15) is 0 Å². The Kier molecular flexibility index (Phi) is 4.22. The van der Waals surface area contributed by atoms with Crippen molar-refractivity contribution < 1.29 is 4.74 Å². The third-order valence-corrected chi connectivity index (χ3v) is 4.07. The van der Waals surface area contributed by atoms with Gasteiger partial charge in [-0.15, -0.1) is 0 Å². The summed E-state index contributed by atoms with van der Waals surface area (Å²) in [6, 6.07) is 0. The van der Waals surface area contributed by atoms with Gasteiger partial charge in [0.05, 0.1) is 13.2 Å². The fraction of sp³-hybridized carbons (Fsp3) is 0.733. The minimum absolute atomic E-state index is 0.648. The number of ether oxygens (including phenoxy) is 1. The first-order valence-electron chi connectivity index (χ1n) is 6.71. The van der Waals surface area contributed by atoms with Crippen molar-refractivity contribution in [2.75, 3.05) is 13.2 Å². The highest BCUT2D eigenvalue weighted by molar-refractivity contribution is 5.10. The standard InChI is InChI=1S/C15H24O/c1-12-6-3-4-7-14(12)8-5-9-15-11-16-10-13(15)2/h9,13-14H,1,3-8,10-11H2,2H3/t13?,14-/m0/s1. The fourth-order valence-electron chi connectivity index (χ4n) is 2.83. The van der Waals surface area contributed by atoms with E-state index in [2.05, 4.69) is 19.6 Å². The third kappa shape index (κ3) is 2.98. The molecule has 1 heterocycles. The molecule has 0 aromatic carbocycles. The molecule has 0 spiro atoms. The summed E-state index contributed by atoms with van der Waals surface area (Å²) in [5.41, 5.74) is 3.02. The topological polar surface area (TPSA) is 9.23 Å². The maximum absolute atomic E-state index is 5.45. The number of rotatable bonds is 3. The van der Waals surface area contributed by atoms with E-state index in [4.69, 9.17) is 4.74 Å². The number of hydrogen-bond acceptors (Lipinski definition) is 1. The molecule has 1 saturated carbocycles. The molecule has 0 N–H and O–H groups in total. The van der Waals surface area contributed by atoms with Crippen LogP contribution in [-0.4, -0.2) is 13.2 Å². The van der Waals surface area contributed by atoms with E-state index in [1.165, 1.54) is 49.7 Å². The smallest absolute Gasteiger partial charge is 0.0680 e. The first kappa shape index (κ1) is 11.9. The molecule has 0 amide bonds. The van der Waals surface area contributed by atoms with Crippen LogP contribution in [0.1, 0.15) is 45.4 Å². The van der Waals surface area contributed by atoms with Gasteiger partial charge in [-0.25, -0.2) is 0 Å². The van der Waals surface area contributed by atoms with Crippen LogP contribution in [0.5, 0.6) is 0 Å². The van der Waals surface area contributed by atoms with E-state index in [1.54, 1.807) is 0 Å². The Hall–Kier alpha value is -0.560. The highest BCUT2D eigenvalue weighted by atomic mass is 16.5. The Labute approximate surface area is 99.6 Å². The Morgan fingerprint density at radius 2 is 2.31 bits per heavy atom. The number of allylic oxidation sites excluding steroid dienone is 2. The molecule has 0 radical (unpaired) electrons. The average molecular weight is 220 g/mol. The largest absolute Gasteiger partial charge is 0.376 e. The first-order chi connectivity index (χ1) is 7.77. The molecule has 0 aromatic rings. The van der Waals surface area contributed by atoms with Crippen molar-refractivity contribution >= 4 is 0 Å². The predicted molar refractivity (Wildman–Crippen MR) is 68.4 cm³/mol. The van der Waals surface area contributed by atoms with E-state index in [0.717, 1.165) is 19.1 Å². The fourth-order valence-corrected chi connectivity index (χ4v) is 2.83. The van der Waals surface area contributed by atoms with Gasteiger partial charge in [-0.3, -0.25) is 0 Å². The van der Waals surface area contributed by atoms with Crippen LogP contribution in [0, 0.1) is 11.8 Å². The van der Waals surface area contributed by atoms with E-state index in [-0.39, 0.29) is 0 Å². The molecule has 2 aliphatic rings. The Morgan fingerprint density at radius 3 is 3.00 bits per heavy atom. The lowest BCUT2D eigenvalue weighted by Gasteiger charge is -2.24. The normalized spacial score (nSPS) is 33.6. The van der Waals surface area contributed by atoms with Gasteiger partial charge in [-0.1, -0.05) is 31.6 Å². The zero-order valence-corrected chi connectivity index (χ0v) is 10.5. The van der Waals surface area contributed by atoms with Gasteiger partial charge >= 0.3 is 0 Å². The number of hydrogen-bond donors (Lipinski definition) is 0. The van der Waals surface area contributed by atoms with E-state index in [1.807, 2.05) is 0 Å². The summed E-state index contributed by atoms with van der Waals surface area (Å²) in [5, 5.41) is 0. The van der Waals surface area contributed by atoms with Crippen molar-refractivity contribution in [2.45, 2.75) is 45.4 Å². The molecule has 2 atom stereocenters.